The number of carbonyl (C=O) groups is 2. The van der Waals surface area contributed by atoms with Crippen LogP contribution in [0.25, 0.3) is 22.4 Å². The number of rotatable bonds is 6. The number of furan rings is 1. The molecule has 0 bridgehead atoms. The maximum absolute atomic E-state index is 13.2. The molecule has 4 aromatic rings. The Morgan fingerprint density at radius 1 is 1.13 bits per heavy atom. The topological polar surface area (TPSA) is 98.2 Å². The second-order valence-corrected chi connectivity index (χ2v) is 8.14. The molecule has 160 valence electrons. The Morgan fingerprint density at radius 2 is 1.90 bits per heavy atom. The van der Waals surface area contributed by atoms with Gasteiger partial charge in [0.1, 0.15) is 16.5 Å². The molecule has 0 spiro atoms. The molecule has 3 heterocycles. The van der Waals surface area contributed by atoms with Gasteiger partial charge in [-0.2, -0.15) is 0 Å². The zero-order valence-electron chi connectivity index (χ0n) is 17.1. The van der Waals surface area contributed by atoms with Crippen LogP contribution in [0, 0.1) is 6.92 Å². The second-order valence-electron chi connectivity index (χ2n) is 7.01. The molecule has 1 aromatic carbocycles. The van der Waals surface area contributed by atoms with Crippen molar-refractivity contribution in [2.24, 2.45) is 5.73 Å². The van der Waals surface area contributed by atoms with Crippen LogP contribution in [0.4, 0.5) is 5.00 Å². The van der Waals surface area contributed by atoms with E-state index in [1.54, 1.807) is 12.1 Å². The highest BCUT2D eigenvalue weighted by Crippen LogP contribution is 2.31. The van der Waals surface area contributed by atoms with Gasteiger partial charge in [0.05, 0.1) is 16.6 Å². The normalized spacial score (nSPS) is 10.6. The Hall–Kier alpha value is -3.16. The van der Waals surface area contributed by atoms with Crippen LogP contribution in [0.1, 0.15) is 44.7 Å². The Labute approximate surface area is 189 Å². The average molecular weight is 456 g/mol. The largest absolute Gasteiger partial charge is 0.460 e. The number of hydrogen-bond donors (Lipinski definition) is 2. The molecule has 0 fully saturated rings. The first kappa shape index (κ1) is 22.5. The number of anilines is 1. The smallest absolute Gasteiger partial charge is 0.257 e. The molecule has 0 saturated carbocycles. The van der Waals surface area contributed by atoms with Crippen LogP contribution in [0.3, 0.4) is 0 Å². The zero-order valence-corrected chi connectivity index (χ0v) is 18.7. The summed E-state index contributed by atoms with van der Waals surface area (Å²) < 4.78 is 5.70. The molecule has 3 N–H and O–H groups in total. The summed E-state index contributed by atoms with van der Waals surface area (Å²) in [6.45, 7) is 3.91. The van der Waals surface area contributed by atoms with E-state index >= 15 is 0 Å². The number of halogens is 1. The molecule has 0 radical (unpaired) electrons. The quantitative estimate of drug-likeness (QED) is 0.396. The van der Waals surface area contributed by atoms with E-state index in [4.69, 9.17) is 10.2 Å². The molecule has 8 heteroatoms. The zero-order chi connectivity index (χ0) is 21.3. The van der Waals surface area contributed by atoms with Crippen LogP contribution in [-0.4, -0.2) is 16.8 Å². The number of amides is 2. The number of nitrogens with one attached hydrogen (secondary N) is 1. The van der Waals surface area contributed by atoms with Crippen molar-refractivity contribution in [2.45, 2.75) is 26.7 Å². The first-order valence-corrected chi connectivity index (χ1v) is 10.5. The molecule has 31 heavy (non-hydrogen) atoms. The van der Waals surface area contributed by atoms with E-state index < -0.39 is 5.91 Å². The molecule has 0 aliphatic rings. The molecule has 2 amide bonds. The minimum absolute atomic E-state index is 0. The highest BCUT2D eigenvalue weighted by atomic mass is 35.5. The first-order valence-electron chi connectivity index (χ1n) is 9.66. The van der Waals surface area contributed by atoms with Gasteiger partial charge in [0.15, 0.2) is 5.76 Å². The van der Waals surface area contributed by atoms with Crippen LogP contribution in [0.2, 0.25) is 0 Å². The number of primary amides is 1. The highest BCUT2D eigenvalue weighted by Gasteiger charge is 2.20. The van der Waals surface area contributed by atoms with Gasteiger partial charge in [-0.3, -0.25) is 9.59 Å². The lowest BCUT2D eigenvalue weighted by atomic mass is 10.1. The van der Waals surface area contributed by atoms with Crippen LogP contribution in [0.15, 0.2) is 52.9 Å². The predicted molar refractivity (Wildman–Crippen MR) is 126 cm³/mol. The molecule has 0 atom stereocenters. The van der Waals surface area contributed by atoms with Crippen LogP contribution >= 0.6 is 23.7 Å². The first-order chi connectivity index (χ1) is 14.5. The summed E-state index contributed by atoms with van der Waals surface area (Å²) in [6, 6.07) is 14.6. The number of nitrogens with two attached hydrogens (primary N) is 1. The maximum Gasteiger partial charge on any atom is 0.257 e. The summed E-state index contributed by atoms with van der Waals surface area (Å²) in [5.41, 5.74) is 7.56. The maximum atomic E-state index is 13.2. The fourth-order valence-electron chi connectivity index (χ4n) is 3.32. The van der Waals surface area contributed by atoms with E-state index in [0.29, 0.717) is 38.5 Å². The number of thiophene rings is 1. The van der Waals surface area contributed by atoms with E-state index in [0.717, 1.165) is 23.5 Å². The van der Waals surface area contributed by atoms with Crippen LogP contribution in [-0.2, 0) is 6.42 Å². The molecule has 3 aromatic heterocycles. The third-order valence-electron chi connectivity index (χ3n) is 4.73. The molecule has 0 unspecified atom stereocenters. The van der Waals surface area contributed by atoms with Crippen molar-refractivity contribution in [2.75, 3.05) is 5.32 Å². The number of aryl methyl sites for hydroxylation is 2. The van der Waals surface area contributed by atoms with Crippen molar-refractivity contribution >= 4 is 51.5 Å². The third-order valence-corrected chi connectivity index (χ3v) is 5.84. The van der Waals surface area contributed by atoms with E-state index in [9.17, 15) is 9.59 Å². The number of para-hydroxylation sites is 1. The molecular formula is C23H22ClN3O3S. The van der Waals surface area contributed by atoms with Gasteiger partial charge in [0, 0.05) is 10.3 Å². The lowest BCUT2D eigenvalue weighted by Crippen LogP contribution is -2.17. The second kappa shape index (κ2) is 9.32. The molecule has 6 nitrogen and oxygen atoms in total. The van der Waals surface area contributed by atoms with E-state index in [1.165, 1.54) is 11.3 Å². The predicted octanol–water partition coefficient (Wildman–Crippen LogP) is 5.59. The van der Waals surface area contributed by atoms with Crippen molar-refractivity contribution in [1.29, 1.82) is 0 Å². The number of nitrogens with zero attached hydrogens (tertiary/aromatic N) is 1. The van der Waals surface area contributed by atoms with Gasteiger partial charge in [-0.1, -0.05) is 31.5 Å². The summed E-state index contributed by atoms with van der Waals surface area (Å²) in [4.78, 5) is 30.8. The van der Waals surface area contributed by atoms with Crippen molar-refractivity contribution in [3.63, 3.8) is 0 Å². The van der Waals surface area contributed by atoms with Gasteiger partial charge in [-0.25, -0.2) is 4.98 Å². The number of carbonyl (C=O) groups excluding carboxylic acids is 2. The van der Waals surface area contributed by atoms with Gasteiger partial charge in [0.2, 0.25) is 0 Å². The number of pyridine rings is 1. The molecule has 4 rings (SSSR count). The average Bonchev–Trinajstić information content (AvgIpc) is 3.33. The number of hydrogen-bond acceptors (Lipinski definition) is 5. The fraction of sp³-hybridized carbons (Fsp3) is 0.174. The van der Waals surface area contributed by atoms with E-state index in [-0.39, 0.29) is 18.3 Å². The van der Waals surface area contributed by atoms with E-state index in [1.807, 2.05) is 43.3 Å². The minimum Gasteiger partial charge on any atom is -0.460 e. The van der Waals surface area contributed by atoms with Gasteiger partial charge in [-0.15, -0.1) is 23.7 Å². The Kier molecular flexibility index (Phi) is 6.77. The summed E-state index contributed by atoms with van der Waals surface area (Å²) in [6.07, 6.45) is 1.76. The summed E-state index contributed by atoms with van der Waals surface area (Å²) in [7, 11) is 0. The molecule has 0 saturated heterocycles. The minimum atomic E-state index is -0.560. The van der Waals surface area contributed by atoms with Crippen molar-refractivity contribution < 1.29 is 14.0 Å². The number of fused-ring (bicyclic) bond motifs is 1. The SMILES string of the molecule is CCCc1cc(C(N)=O)c(NC(=O)c2cc(-c3ccc(C)o3)nc3ccccc23)s1.Cl. The van der Waals surface area contributed by atoms with Crippen LogP contribution in [0.5, 0.6) is 0 Å². The molecule has 0 aliphatic carbocycles. The fourth-order valence-corrected chi connectivity index (χ4v) is 4.48. The lowest BCUT2D eigenvalue weighted by Gasteiger charge is -2.09. The standard InChI is InChI=1S/C23H21N3O3S.ClH/c1-3-6-14-11-17(21(24)27)23(30-14)26-22(28)16-12-19(20-10-9-13(2)29-20)25-18-8-5-4-7-15(16)18;/h4-5,7-12H,3,6H2,1-2H3,(H2,24,27)(H,26,28);1H. The summed E-state index contributed by atoms with van der Waals surface area (Å²) >= 11 is 1.38. The van der Waals surface area contributed by atoms with E-state index in [2.05, 4.69) is 17.2 Å². The van der Waals surface area contributed by atoms with Crippen molar-refractivity contribution in [1.82, 2.24) is 4.98 Å². The summed E-state index contributed by atoms with van der Waals surface area (Å²) in [5, 5.41) is 4.06. The van der Waals surface area contributed by atoms with Crippen molar-refractivity contribution in [3.05, 3.63) is 70.3 Å². The Morgan fingerprint density at radius 3 is 2.58 bits per heavy atom. The van der Waals surface area contributed by atoms with Crippen molar-refractivity contribution in [3.8, 4) is 11.5 Å². The van der Waals surface area contributed by atoms with Crippen LogP contribution < -0.4 is 11.1 Å². The molecular weight excluding hydrogens is 434 g/mol. The number of benzene rings is 1. The monoisotopic (exact) mass is 455 g/mol. The highest BCUT2D eigenvalue weighted by molar-refractivity contribution is 7.16. The third kappa shape index (κ3) is 4.62. The van der Waals surface area contributed by atoms with Gasteiger partial charge >= 0.3 is 0 Å². The lowest BCUT2D eigenvalue weighted by molar-refractivity contribution is 0.100. The van der Waals surface area contributed by atoms with Gasteiger partial charge < -0.3 is 15.5 Å². The van der Waals surface area contributed by atoms with Gasteiger partial charge in [-0.05, 0) is 43.7 Å². The Balaban J connectivity index is 0.00000272. The number of aromatic nitrogens is 1. The molecule has 0 aliphatic heterocycles. The van der Waals surface area contributed by atoms with Gasteiger partial charge in [0.25, 0.3) is 11.8 Å². The Bertz CT molecular complexity index is 1260. The summed E-state index contributed by atoms with van der Waals surface area (Å²) in [5.74, 6) is 0.464.